The Morgan fingerprint density at radius 2 is 2.00 bits per heavy atom. The SMILES string of the molecule is CC(C)[C@@H](O)C(C)(C)CNC(=O)N[C@@H]1CCN(CC2CC2)C1. The third-order valence-corrected chi connectivity index (χ3v) is 4.96. The van der Waals surface area contributed by atoms with Crippen LogP contribution >= 0.6 is 0 Å². The smallest absolute Gasteiger partial charge is 0.315 e. The van der Waals surface area contributed by atoms with E-state index in [4.69, 9.17) is 0 Å². The van der Waals surface area contributed by atoms with E-state index in [0.29, 0.717) is 6.54 Å². The van der Waals surface area contributed by atoms with E-state index in [0.717, 1.165) is 25.4 Å². The summed E-state index contributed by atoms with van der Waals surface area (Å²) in [5.74, 6) is 1.09. The first-order chi connectivity index (χ1) is 10.3. The lowest BCUT2D eigenvalue weighted by atomic mass is 9.81. The summed E-state index contributed by atoms with van der Waals surface area (Å²) in [4.78, 5) is 14.5. The fourth-order valence-electron chi connectivity index (χ4n) is 3.33. The summed E-state index contributed by atoms with van der Waals surface area (Å²) in [6, 6.07) is 0.152. The predicted octanol–water partition coefficient (Wildman–Crippen LogP) is 1.81. The van der Waals surface area contributed by atoms with E-state index in [9.17, 15) is 9.90 Å². The van der Waals surface area contributed by atoms with Gasteiger partial charge >= 0.3 is 6.03 Å². The maximum atomic E-state index is 12.1. The number of likely N-dealkylation sites (tertiary alicyclic amines) is 1. The number of urea groups is 1. The molecule has 1 aliphatic heterocycles. The molecule has 1 saturated heterocycles. The molecule has 2 fully saturated rings. The number of nitrogens with zero attached hydrogens (tertiary/aromatic N) is 1. The highest BCUT2D eigenvalue weighted by molar-refractivity contribution is 5.74. The Bertz CT molecular complexity index is 380. The summed E-state index contributed by atoms with van der Waals surface area (Å²) in [5, 5.41) is 16.2. The number of nitrogens with one attached hydrogen (secondary N) is 2. The molecule has 2 amide bonds. The average Bonchev–Trinajstić information content (AvgIpc) is 3.15. The molecule has 0 aromatic heterocycles. The second-order valence-electron chi connectivity index (χ2n) is 8.19. The molecular weight excluding hydrogens is 278 g/mol. The second-order valence-corrected chi connectivity index (χ2v) is 8.19. The molecular formula is C17H33N3O2. The van der Waals surface area contributed by atoms with Crippen LogP contribution in [0.5, 0.6) is 0 Å². The molecule has 0 bridgehead atoms. The maximum absolute atomic E-state index is 12.1. The van der Waals surface area contributed by atoms with E-state index < -0.39 is 6.10 Å². The summed E-state index contributed by atoms with van der Waals surface area (Å²) < 4.78 is 0. The largest absolute Gasteiger partial charge is 0.392 e. The normalized spacial score (nSPS) is 24.5. The van der Waals surface area contributed by atoms with Crippen molar-refractivity contribution in [3.05, 3.63) is 0 Å². The third kappa shape index (κ3) is 5.13. The maximum Gasteiger partial charge on any atom is 0.315 e. The van der Waals surface area contributed by atoms with Crippen LogP contribution in [0.3, 0.4) is 0 Å². The van der Waals surface area contributed by atoms with Gasteiger partial charge in [-0.2, -0.15) is 0 Å². The highest BCUT2D eigenvalue weighted by atomic mass is 16.3. The van der Waals surface area contributed by atoms with Gasteiger partial charge in [0.15, 0.2) is 0 Å². The number of hydrogen-bond donors (Lipinski definition) is 3. The van der Waals surface area contributed by atoms with Crippen molar-refractivity contribution < 1.29 is 9.90 Å². The number of carbonyl (C=O) groups is 1. The zero-order chi connectivity index (χ0) is 16.3. The lowest BCUT2D eigenvalue weighted by Gasteiger charge is -2.33. The van der Waals surface area contributed by atoms with Crippen LogP contribution in [0.25, 0.3) is 0 Å². The Balaban J connectivity index is 1.67. The summed E-state index contributed by atoms with van der Waals surface area (Å²) >= 11 is 0. The predicted molar refractivity (Wildman–Crippen MR) is 88.7 cm³/mol. The van der Waals surface area contributed by atoms with Crippen LogP contribution in [-0.2, 0) is 0 Å². The van der Waals surface area contributed by atoms with Gasteiger partial charge in [0.1, 0.15) is 0 Å². The fraction of sp³-hybridized carbons (Fsp3) is 0.941. The number of aliphatic hydroxyl groups excluding tert-OH is 1. The summed E-state index contributed by atoms with van der Waals surface area (Å²) in [5.41, 5.74) is -0.320. The highest BCUT2D eigenvalue weighted by Crippen LogP contribution is 2.30. The van der Waals surface area contributed by atoms with Crippen LogP contribution in [0.2, 0.25) is 0 Å². The van der Waals surface area contributed by atoms with Crippen LogP contribution in [0.15, 0.2) is 0 Å². The van der Waals surface area contributed by atoms with E-state index in [-0.39, 0.29) is 23.4 Å². The Morgan fingerprint density at radius 1 is 1.32 bits per heavy atom. The third-order valence-electron chi connectivity index (χ3n) is 4.96. The molecule has 2 atom stereocenters. The molecule has 5 nitrogen and oxygen atoms in total. The topological polar surface area (TPSA) is 64.6 Å². The van der Waals surface area contributed by atoms with E-state index in [1.807, 2.05) is 27.7 Å². The molecule has 5 heteroatoms. The minimum Gasteiger partial charge on any atom is -0.392 e. The molecule has 0 aromatic carbocycles. The van der Waals surface area contributed by atoms with Crippen molar-refractivity contribution in [2.24, 2.45) is 17.3 Å². The molecule has 22 heavy (non-hydrogen) atoms. The first-order valence-corrected chi connectivity index (χ1v) is 8.72. The number of carbonyl (C=O) groups excluding carboxylic acids is 1. The molecule has 128 valence electrons. The van der Waals surface area contributed by atoms with Crippen LogP contribution in [0.1, 0.15) is 47.0 Å². The first kappa shape index (κ1) is 17.5. The minimum atomic E-state index is -0.423. The van der Waals surface area contributed by atoms with Crippen LogP contribution < -0.4 is 10.6 Å². The molecule has 1 saturated carbocycles. The van der Waals surface area contributed by atoms with Crippen molar-refractivity contribution in [3.63, 3.8) is 0 Å². The molecule has 0 radical (unpaired) electrons. The zero-order valence-electron chi connectivity index (χ0n) is 14.6. The second kappa shape index (κ2) is 7.18. The van der Waals surface area contributed by atoms with E-state index >= 15 is 0 Å². The standard InChI is InChI=1S/C17H33N3O2/c1-12(2)15(21)17(3,4)11-18-16(22)19-14-7-8-20(10-14)9-13-5-6-13/h12-15,21H,5-11H2,1-4H3,(H2,18,19,22)/t14-,15-/m1/s1. The Labute approximate surface area is 134 Å². The Kier molecular flexibility index (Phi) is 5.72. The van der Waals surface area contributed by atoms with E-state index in [1.54, 1.807) is 0 Å². The first-order valence-electron chi connectivity index (χ1n) is 8.72. The van der Waals surface area contributed by atoms with Gasteiger partial charge in [-0.3, -0.25) is 0 Å². The average molecular weight is 311 g/mol. The van der Waals surface area contributed by atoms with Gasteiger partial charge in [-0.15, -0.1) is 0 Å². The van der Waals surface area contributed by atoms with Crippen molar-refractivity contribution >= 4 is 6.03 Å². The van der Waals surface area contributed by atoms with Gasteiger partial charge in [-0.1, -0.05) is 27.7 Å². The number of aliphatic hydroxyl groups is 1. The van der Waals surface area contributed by atoms with E-state index in [1.165, 1.54) is 19.4 Å². The summed E-state index contributed by atoms with van der Waals surface area (Å²) in [6.45, 7) is 11.7. The van der Waals surface area contributed by atoms with Crippen molar-refractivity contribution in [2.45, 2.75) is 59.1 Å². The Hall–Kier alpha value is -0.810. The summed E-state index contributed by atoms with van der Waals surface area (Å²) in [7, 11) is 0. The monoisotopic (exact) mass is 311 g/mol. The highest BCUT2D eigenvalue weighted by Gasteiger charge is 2.32. The van der Waals surface area contributed by atoms with E-state index in [2.05, 4.69) is 15.5 Å². The molecule has 2 aliphatic rings. The van der Waals surface area contributed by atoms with Gasteiger partial charge in [0.25, 0.3) is 0 Å². The van der Waals surface area contributed by atoms with Gasteiger partial charge in [0.2, 0.25) is 0 Å². The minimum absolute atomic E-state index is 0.109. The number of amides is 2. The van der Waals surface area contributed by atoms with Crippen molar-refractivity contribution in [1.29, 1.82) is 0 Å². The fourth-order valence-corrected chi connectivity index (χ4v) is 3.33. The zero-order valence-corrected chi connectivity index (χ0v) is 14.6. The molecule has 1 heterocycles. The molecule has 2 rings (SSSR count). The summed E-state index contributed by atoms with van der Waals surface area (Å²) in [6.07, 6.45) is 3.37. The van der Waals surface area contributed by atoms with Crippen LogP contribution in [-0.4, -0.2) is 54.4 Å². The molecule has 0 unspecified atom stereocenters. The number of rotatable bonds is 7. The van der Waals surface area contributed by atoms with Crippen molar-refractivity contribution in [3.8, 4) is 0 Å². The molecule has 0 aromatic rings. The van der Waals surface area contributed by atoms with Crippen LogP contribution in [0.4, 0.5) is 4.79 Å². The number of hydrogen-bond acceptors (Lipinski definition) is 3. The Morgan fingerprint density at radius 3 is 2.59 bits per heavy atom. The molecule has 3 N–H and O–H groups in total. The van der Waals surface area contributed by atoms with Gasteiger partial charge in [0.05, 0.1) is 6.10 Å². The molecule has 0 spiro atoms. The molecule has 1 aliphatic carbocycles. The lowest BCUT2D eigenvalue weighted by molar-refractivity contribution is 0.0151. The van der Waals surface area contributed by atoms with Crippen molar-refractivity contribution in [1.82, 2.24) is 15.5 Å². The lowest BCUT2D eigenvalue weighted by Crippen LogP contribution is -2.49. The van der Waals surface area contributed by atoms with Crippen molar-refractivity contribution in [2.75, 3.05) is 26.2 Å². The van der Waals surface area contributed by atoms with Crippen LogP contribution in [0, 0.1) is 17.3 Å². The van der Waals surface area contributed by atoms with Gasteiger partial charge in [-0.25, -0.2) is 4.79 Å². The van der Waals surface area contributed by atoms with Gasteiger partial charge in [-0.05, 0) is 31.1 Å². The van der Waals surface area contributed by atoms with Gasteiger partial charge < -0.3 is 20.6 Å². The van der Waals surface area contributed by atoms with Gasteiger partial charge in [0, 0.05) is 37.6 Å². The quantitative estimate of drug-likeness (QED) is 0.672.